The van der Waals surface area contributed by atoms with Crippen molar-refractivity contribution in [1.82, 2.24) is 10.3 Å². The van der Waals surface area contributed by atoms with Crippen molar-refractivity contribution in [2.24, 2.45) is 5.73 Å². The minimum Gasteiger partial charge on any atom is -0.396 e. The fraction of sp³-hybridized carbons (Fsp3) is 0.538. The van der Waals surface area contributed by atoms with Crippen LogP contribution in [0.1, 0.15) is 79.1 Å². The summed E-state index contributed by atoms with van der Waals surface area (Å²) in [6.45, 7) is 2.88. The third kappa shape index (κ3) is 11.6. The summed E-state index contributed by atoms with van der Waals surface area (Å²) in [6, 6.07) is 6.72. The number of amides is 1. The molecule has 0 spiro atoms. The lowest BCUT2D eigenvalue weighted by atomic mass is 10.1. The number of nitrogens with zero attached hydrogens (tertiary/aromatic N) is 1. The molecular formula is C26H38Cl2N4O3. The molecule has 1 heterocycles. The Morgan fingerprint density at radius 1 is 1.00 bits per heavy atom. The molecule has 1 unspecified atom stereocenters. The highest BCUT2D eigenvalue weighted by molar-refractivity contribution is 6.38. The molecule has 0 aliphatic heterocycles. The smallest absolute Gasteiger partial charge is 0.248 e. The van der Waals surface area contributed by atoms with Gasteiger partial charge in [0, 0.05) is 37.2 Å². The number of aromatic nitrogens is 1. The van der Waals surface area contributed by atoms with Crippen molar-refractivity contribution in [3.63, 3.8) is 0 Å². The van der Waals surface area contributed by atoms with Gasteiger partial charge in [-0.1, -0.05) is 48.9 Å². The lowest BCUT2D eigenvalue weighted by Gasteiger charge is -2.14. The molecule has 0 radical (unpaired) electrons. The first-order chi connectivity index (χ1) is 16.9. The maximum absolute atomic E-state index is 11.2. The van der Waals surface area contributed by atoms with Crippen molar-refractivity contribution >= 4 is 34.8 Å². The Kier molecular flexibility index (Phi) is 14.0. The van der Waals surface area contributed by atoms with E-state index in [1.165, 1.54) is 0 Å². The molecule has 0 bridgehead atoms. The number of nitrogens with two attached hydrogens (primary N) is 2. The minimum atomic E-state index is -0.677. The zero-order valence-corrected chi connectivity index (χ0v) is 21.8. The summed E-state index contributed by atoms with van der Waals surface area (Å²) in [5.41, 5.74) is 13.5. The maximum Gasteiger partial charge on any atom is 0.248 e. The molecule has 0 aliphatic carbocycles. The molecule has 6 N–H and O–H groups in total. The van der Waals surface area contributed by atoms with Crippen molar-refractivity contribution in [3.8, 4) is 0 Å². The highest BCUT2D eigenvalue weighted by atomic mass is 35.5. The van der Waals surface area contributed by atoms with Crippen molar-refractivity contribution in [2.45, 2.75) is 63.9 Å². The van der Waals surface area contributed by atoms with Crippen LogP contribution in [0.2, 0.25) is 10.0 Å². The summed E-state index contributed by atoms with van der Waals surface area (Å²) in [6.07, 6.45) is 10.5. The molecule has 0 saturated heterocycles. The number of aliphatic hydroxyl groups excluding tert-OH is 1. The van der Waals surface area contributed by atoms with Crippen molar-refractivity contribution in [2.75, 3.05) is 32.0 Å². The van der Waals surface area contributed by atoms with Gasteiger partial charge in [-0.25, -0.2) is 0 Å². The summed E-state index contributed by atoms with van der Waals surface area (Å²) in [5, 5.41) is 14.3. The van der Waals surface area contributed by atoms with Crippen molar-refractivity contribution in [3.05, 3.63) is 57.3 Å². The van der Waals surface area contributed by atoms with E-state index in [4.69, 9.17) is 39.4 Å². The van der Waals surface area contributed by atoms with Gasteiger partial charge in [0.05, 0.1) is 21.8 Å². The topological polar surface area (TPSA) is 123 Å². The van der Waals surface area contributed by atoms with E-state index in [1.54, 1.807) is 30.5 Å². The second kappa shape index (κ2) is 16.7. The molecule has 1 aromatic heterocycles. The number of ether oxygens (including phenoxy) is 1. The van der Waals surface area contributed by atoms with Gasteiger partial charge in [0.15, 0.2) is 0 Å². The summed E-state index contributed by atoms with van der Waals surface area (Å²) in [5.74, 6) is -0.412. The highest BCUT2D eigenvalue weighted by Crippen LogP contribution is 2.31. The predicted molar refractivity (Wildman–Crippen MR) is 143 cm³/mol. The molecule has 1 amide bonds. The third-order valence-corrected chi connectivity index (χ3v) is 6.41. The highest BCUT2D eigenvalue weighted by Gasteiger charge is 2.12. The number of aliphatic hydroxyl groups is 1. The van der Waals surface area contributed by atoms with E-state index >= 15 is 0 Å². The van der Waals surface area contributed by atoms with Crippen LogP contribution in [0.4, 0.5) is 5.69 Å². The number of anilines is 1. The number of hydrogen-bond donors (Lipinski definition) is 4. The molecule has 2 rings (SSSR count). The minimum absolute atomic E-state index is 0.334. The molecule has 1 aromatic carbocycles. The van der Waals surface area contributed by atoms with Crippen LogP contribution in [0, 0.1) is 0 Å². The number of primary amides is 1. The quantitative estimate of drug-likeness (QED) is 0.159. The largest absolute Gasteiger partial charge is 0.396 e. The first-order valence-corrected chi connectivity index (χ1v) is 13.1. The van der Waals surface area contributed by atoms with E-state index in [1.807, 2.05) is 0 Å². The van der Waals surface area contributed by atoms with Crippen molar-refractivity contribution in [1.29, 1.82) is 0 Å². The summed E-state index contributed by atoms with van der Waals surface area (Å²) in [4.78, 5) is 15.5. The van der Waals surface area contributed by atoms with E-state index in [2.05, 4.69) is 10.3 Å². The first kappa shape index (κ1) is 29.3. The van der Waals surface area contributed by atoms with E-state index in [0.29, 0.717) is 33.4 Å². The van der Waals surface area contributed by atoms with Gasteiger partial charge in [-0.2, -0.15) is 0 Å². The Hall–Kier alpha value is -1.90. The van der Waals surface area contributed by atoms with Gasteiger partial charge in [0.2, 0.25) is 5.91 Å². The SMILES string of the molecule is NC(=O)c1ccnc(CCCCCCOCCCCCCNCC(O)c2cc(Cl)c(N)c(Cl)c2)c1. The van der Waals surface area contributed by atoms with Gasteiger partial charge in [0.1, 0.15) is 0 Å². The summed E-state index contributed by atoms with van der Waals surface area (Å²) < 4.78 is 5.73. The normalized spacial score (nSPS) is 12.1. The van der Waals surface area contributed by atoms with E-state index in [0.717, 1.165) is 83.2 Å². The standard InChI is InChI=1S/C26H38Cl2N4O3/c27-22-16-20(17-23(28)25(22)29)24(33)18-31-11-6-2-4-8-14-35-13-7-3-1-5-9-21-15-19(26(30)34)10-12-32-21/h10,12,15-17,24,31,33H,1-9,11,13-14,18,29H2,(H2,30,34). The zero-order chi connectivity index (χ0) is 25.5. The number of rotatable bonds is 18. The number of carbonyl (C=O) groups excluding carboxylic acids is 1. The fourth-order valence-electron chi connectivity index (χ4n) is 3.69. The van der Waals surface area contributed by atoms with E-state index in [9.17, 15) is 9.90 Å². The predicted octanol–water partition coefficient (Wildman–Crippen LogP) is 5.07. The Morgan fingerprint density at radius 2 is 1.63 bits per heavy atom. The maximum atomic E-state index is 11.2. The molecule has 1 atom stereocenters. The number of benzene rings is 1. The van der Waals surface area contributed by atoms with Gasteiger partial charge < -0.3 is 26.6 Å². The molecule has 9 heteroatoms. The second-order valence-corrected chi connectivity index (χ2v) is 9.52. The van der Waals surface area contributed by atoms with Crippen molar-refractivity contribution < 1.29 is 14.6 Å². The van der Waals surface area contributed by atoms with Crippen LogP contribution >= 0.6 is 23.2 Å². The first-order valence-electron chi connectivity index (χ1n) is 12.3. The molecule has 35 heavy (non-hydrogen) atoms. The van der Waals surface area contributed by atoms with Crippen LogP contribution < -0.4 is 16.8 Å². The number of aryl methyl sites for hydroxylation is 1. The van der Waals surface area contributed by atoms with Gasteiger partial charge in [-0.3, -0.25) is 9.78 Å². The molecule has 0 fully saturated rings. The van der Waals surface area contributed by atoms with Crippen LogP contribution in [-0.2, 0) is 11.2 Å². The van der Waals surface area contributed by atoms with Crippen LogP contribution in [0.25, 0.3) is 0 Å². The van der Waals surface area contributed by atoms with Gasteiger partial charge in [-0.05, 0) is 68.5 Å². The average molecular weight is 526 g/mol. The molecule has 0 saturated carbocycles. The second-order valence-electron chi connectivity index (χ2n) is 8.71. The lowest BCUT2D eigenvalue weighted by Crippen LogP contribution is -2.22. The number of halogens is 2. The Morgan fingerprint density at radius 3 is 2.29 bits per heavy atom. The number of carbonyl (C=O) groups is 1. The Bertz CT molecular complexity index is 891. The lowest BCUT2D eigenvalue weighted by molar-refractivity contribution is 0.1000. The van der Waals surface area contributed by atoms with Gasteiger partial charge >= 0.3 is 0 Å². The summed E-state index contributed by atoms with van der Waals surface area (Å²) in [7, 11) is 0. The number of unbranched alkanes of at least 4 members (excludes halogenated alkanes) is 6. The monoisotopic (exact) mass is 524 g/mol. The van der Waals surface area contributed by atoms with Crippen LogP contribution in [-0.4, -0.2) is 42.3 Å². The zero-order valence-electron chi connectivity index (χ0n) is 20.3. The molecule has 7 nitrogen and oxygen atoms in total. The fourth-order valence-corrected chi connectivity index (χ4v) is 4.20. The molecule has 2 aromatic rings. The number of nitrogens with one attached hydrogen (secondary N) is 1. The molecular weight excluding hydrogens is 487 g/mol. The number of nitrogen functional groups attached to an aromatic ring is 1. The summed E-state index contributed by atoms with van der Waals surface area (Å²) >= 11 is 12.0. The molecule has 0 aliphatic rings. The van der Waals surface area contributed by atoms with Gasteiger partial charge in [-0.15, -0.1) is 0 Å². The Balaban J connectivity index is 1.37. The van der Waals surface area contributed by atoms with Crippen LogP contribution in [0.15, 0.2) is 30.5 Å². The van der Waals surface area contributed by atoms with E-state index in [-0.39, 0.29) is 0 Å². The number of pyridine rings is 1. The van der Waals surface area contributed by atoms with Gasteiger partial charge in [0.25, 0.3) is 0 Å². The number of hydrogen-bond acceptors (Lipinski definition) is 6. The Labute approximate surface area is 218 Å². The third-order valence-electron chi connectivity index (χ3n) is 5.79. The van der Waals surface area contributed by atoms with E-state index < -0.39 is 12.0 Å². The van der Waals surface area contributed by atoms with Crippen LogP contribution in [0.5, 0.6) is 0 Å². The van der Waals surface area contributed by atoms with Crippen LogP contribution in [0.3, 0.4) is 0 Å². The molecule has 194 valence electrons. The average Bonchev–Trinajstić information content (AvgIpc) is 2.84.